The summed E-state index contributed by atoms with van der Waals surface area (Å²) in [6, 6.07) is 13.2. The molecule has 3 aliphatic heterocycles. The van der Waals surface area contributed by atoms with Crippen LogP contribution in [0.2, 0.25) is 0 Å². The van der Waals surface area contributed by atoms with Crippen LogP contribution in [-0.4, -0.2) is 47.8 Å². The van der Waals surface area contributed by atoms with Crippen molar-refractivity contribution in [2.75, 3.05) is 25.0 Å². The molecule has 0 radical (unpaired) electrons. The van der Waals surface area contributed by atoms with E-state index < -0.39 is 11.5 Å². The standard InChI is InChI=1S/C20H18N2O5/c23-18-20(14-3-1-2-4-16(14)21-18)11-26-17-9-12(5-6-15(17)20)27-13-7-8-22(10-13)19(24)25/h1-6,9,13H,7-8,10-11H2,(H,21,23)(H,24,25). The van der Waals surface area contributed by atoms with Crippen molar-refractivity contribution in [2.45, 2.75) is 17.9 Å². The van der Waals surface area contributed by atoms with E-state index in [2.05, 4.69) is 5.32 Å². The summed E-state index contributed by atoms with van der Waals surface area (Å²) in [5.41, 5.74) is 1.75. The third kappa shape index (κ3) is 2.27. The fraction of sp³-hybridized carbons (Fsp3) is 0.300. The minimum atomic E-state index is -0.925. The quantitative estimate of drug-likeness (QED) is 0.852. The summed E-state index contributed by atoms with van der Waals surface area (Å²) < 4.78 is 11.8. The van der Waals surface area contributed by atoms with Crippen molar-refractivity contribution < 1.29 is 24.2 Å². The lowest BCUT2D eigenvalue weighted by Gasteiger charge is -2.20. The van der Waals surface area contributed by atoms with E-state index in [1.807, 2.05) is 36.4 Å². The van der Waals surface area contributed by atoms with E-state index in [-0.39, 0.29) is 18.6 Å². The molecule has 0 saturated carbocycles. The first-order valence-electron chi connectivity index (χ1n) is 8.91. The van der Waals surface area contributed by atoms with Crippen LogP contribution in [0.4, 0.5) is 10.5 Å². The van der Waals surface area contributed by atoms with Gasteiger partial charge in [0.1, 0.15) is 29.6 Å². The van der Waals surface area contributed by atoms with Gasteiger partial charge in [0.15, 0.2) is 0 Å². The van der Waals surface area contributed by atoms with Gasteiger partial charge in [0.05, 0.1) is 6.54 Å². The van der Waals surface area contributed by atoms with Gasteiger partial charge in [-0.25, -0.2) is 4.79 Å². The molecule has 138 valence electrons. The maximum absolute atomic E-state index is 12.8. The van der Waals surface area contributed by atoms with Gasteiger partial charge < -0.3 is 24.8 Å². The minimum Gasteiger partial charge on any atom is -0.491 e. The first-order chi connectivity index (χ1) is 13.1. The van der Waals surface area contributed by atoms with Gasteiger partial charge in [0, 0.05) is 30.3 Å². The first-order valence-corrected chi connectivity index (χ1v) is 8.91. The summed E-state index contributed by atoms with van der Waals surface area (Å²) in [6.45, 7) is 1.08. The second-order valence-corrected chi connectivity index (χ2v) is 7.11. The molecule has 1 saturated heterocycles. The molecular formula is C20H18N2O5. The number of hydrogen-bond donors (Lipinski definition) is 2. The Labute approximate surface area is 155 Å². The number of carbonyl (C=O) groups excluding carboxylic acids is 1. The van der Waals surface area contributed by atoms with E-state index in [1.54, 1.807) is 6.07 Å². The van der Waals surface area contributed by atoms with Gasteiger partial charge in [-0.1, -0.05) is 24.3 Å². The molecule has 3 heterocycles. The van der Waals surface area contributed by atoms with Crippen molar-refractivity contribution in [3.63, 3.8) is 0 Å². The zero-order valence-corrected chi connectivity index (χ0v) is 14.5. The molecule has 3 aliphatic rings. The van der Waals surface area contributed by atoms with E-state index in [4.69, 9.17) is 14.6 Å². The zero-order valence-electron chi connectivity index (χ0n) is 14.5. The lowest BCUT2D eigenvalue weighted by atomic mass is 9.77. The highest BCUT2D eigenvalue weighted by molar-refractivity contribution is 6.09. The van der Waals surface area contributed by atoms with Gasteiger partial charge in [0.2, 0.25) is 5.91 Å². The molecule has 0 aromatic heterocycles. The van der Waals surface area contributed by atoms with Crippen LogP contribution < -0.4 is 14.8 Å². The zero-order chi connectivity index (χ0) is 18.6. The smallest absolute Gasteiger partial charge is 0.407 e. The Morgan fingerprint density at radius 3 is 2.93 bits per heavy atom. The number of hydrogen-bond acceptors (Lipinski definition) is 4. The molecule has 2 N–H and O–H groups in total. The predicted molar refractivity (Wildman–Crippen MR) is 96.4 cm³/mol. The third-order valence-electron chi connectivity index (χ3n) is 5.60. The molecular weight excluding hydrogens is 348 g/mol. The number of nitrogens with one attached hydrogen (secondary N) is 1. The van der Waals surface area contributed by atoms with E-state index in [9.17, 15) is 9.59 Å². The molecule has 2 amide bonds. The van der Waals surface area contributed by atoms with Crippen molar-refractivity contribution >= 4 is 17.7 Å². The van der Waals surface area contributed by atoms with Gasteiger partial charge in [-0.3, -0.25) is 4.79 Å². The molecule has 2 aromatic carbocycles. The average Bonchev–Trinajstić information content (AvgIpc) is 3.34. The topological polar surface area (TPSA) is 88.1 Å². The Kier molecular flexibility index (Phi) is 3.34. The second-order valence-electron chi connectivity index (χ2n) is 7.11. The minimum absolute atomic E-state index is 0.0796. The number of likely N-dealkylation sites (tertiary alicyclic amines) is 1. The molecule has 2 aromatic rings. The number of anilines is 1. The second kappa shape index (κ2) is 5.64. The van der Waals surface area contributed by atoms with Crippen LogP contribution in [0.25, 0.3) is 0 Å². The highest BCUT2D eigenvalue weighted by Crippen LogP contribution is 2.50. The van der Waals surface area contributed by atoms with Crippen LogP contribution in [0.15, 0.2) is 42.5 Å². The largest absolute Gasteiger partial charge is 0.491 e. The Balaban J connectivity index is 1.43. The Morgan fingerprint density at radius 1 is 1.26 bits per heavy atom. The Morgan fingerprint density at radius 2 is 2.11 bits per heavy atom. The van der Waals surface area contributed by atoms with E-state index in [0.29, 0.717) is 31.0 Å². The Bertz CT molecular complexity index is 959. The number of para-hydroxylation sites is 1. The summed E-state index contributed by atoms with van der Waals surface area (Å²) in [5, 5.41) is 12.0. The molecule has 27 heavy (non-hydrogen) atoms. The maximum Gasteiger partial charge on any atom is 0.407 e. The SMILES string of the molecule is O=C(O)N1CCC(Oc2ccc3c(c2)OCC32C(=O)Nc3ccccc32)C1. The van der Waals surface area contributed by atoms with Gasteiger partial charge in [-0.05, 0) is 17.7 Å². The summed E-state index contributed by atoms with van der Waals surface area (Å²) in [5.74, 6) is 1.17. The number of carbonyl (C=O) groups is 2. The molecule has 0 bridgehead atoms. The highest BCUT2D eigenvalue weighted by atomic mass is 16.5. The van der Waals surface area contributed by atoms with Crippen LogP contribution >= 0.6 is 0 Å². The third-order valence-corrected chi connectivity index (χ3v) is 5.60. The number of benzene rings is 2. The number of carboxylic acid groups (broad SMARTS) is 1. The molecule has 2 atom stereocenters. The van der Waals surface area contributed by atoms with Crippen LogP contribution in [0.3, 0.4) is 0 Å². The van der Waals surface area contributed by atoms with E-state index in [1.165, 1.54) is 4.90 Å². The summed E-state index contributed by atoms with van der Waals surface area (Å²) in [7, 11) is 0. The van der Waals surface area contributed by atoms with Crippen LogP contribution in [0, 0.1) is 0 Å². The normalized spacial score (nSPS) is 25.1. The fourth-order valence-corrected chi connectivity index (χ4v) is 4.23. The first kappa shape index (κ1) is 16.0. The van der Waals surface area contributed by atoms with Crippen molar-refractivity contribution in [2.24, 2.45) is 0 Å². The number of amides is 2. The number of ether oxygens (including phenoxy) is 2. The van der Waals surface area contributed by atoms with Crippen molar-refractivity contribution in [3.8, 4) is 11.5 Å². The molecule has 1 fully saturated rings. The highest BCUT2D eigenvalue weighted by Gasteiger charge is 2.53. The van der Waals surface area contributed by atoms with Gasteiger partial charge in [0.25, 0.3) is 0 Å². The number of rotatable bonds is 2. The number of fused-ring (bicyclic) bond motifs is 4. The summed E-state index contributed by atoms with van der Waals surface area (Å²) >= 11 is 0. The summed E-state index contributed by atoms with van der Waals surface area (Å²) in [4.78, 5) is 25.2. The lowest BCUT2D eigenvalue weighted by Crippen LogP contribution is -2.37. The predicted octanol–water partition coefficient (Wildman–Crippen LogP) is 2.45. The van der Waals surface area contributed by atoms with Crippen LogP contribution in [0.5, 0.6) is 11.5 Å². The lowest BCUT2D eigenvalue weighted by molar-refractivity contribution is -0.119. The van der Waals surface area contributed by atoms with Crippen molar-refractivity contribution in [1.29, 1.82) is 0 Å². The number of nitrogens with zero attached hydrogens (tertiary/aromatic N) is 1. The molecule has 7 nitrogen and oxygen atoms in total. The molecule has 5 rings (SSSR count). The average molecular weight is 366 g/mol. The van der Waals surface area contributed by atoms with Crippen LogP contribution in [0.1, 0.15) is 17.5 Å². The van der Waals surface area contributed by atoms with Crippen molar-refractivity contribution in [1.82, 2.24) is 4.90 Å². The van der Waals surface area contributed by atoms with Gasteiger partial charge >= 0.3 is 6.09 Å². The monoisotopic (exact) mass is 366 g/mol. The van der Waals surface area contributed by atoms with E-state index in [0.717, 1.165) is 16.8 Å². The fourth-order valence-electron chi connectivity index (χ4n) is 4.23. The molecule has 2 unspecified atom stereocenters. The van der Waals surface area contributed by atoms with Crippen molar-refractivity contribution in [3.05, 3.63) is 53.6 Å². The van der Waals surface area contributed by atoms with E-state index >= 15 is 0 Å². The molecule has 7 heteroatoms. The molecule has 0 aliphatic carbocycles. The van der Waals surface area contributed by atoms with Crippen LogP contribution in [-0.2, 0) is 10.2 Å². The Hall–Kier alpha value is -3.22. The van der Waals surface area contributed by atoms with Gasteiger partial charge in [-0.2, -0.15) is 0 Å². The maximum atomic E-state index is 12.8. The molecule has 1 spiro atoms. The summed E-state index contributed by atoms with van der Waals surface area (Å²) in [6.07, 6.45) is -0.444. The van der Waals surface area contributed by atoms with Gasteiger partial charge in [-0.15, -0.1) is 0 Å².